The molecule has 0 unspecified atom stereocenters. The Morgan fingerprint density at radius 3 is 2.59 bits per heavy atom. The smallest absolute Gasteiger partial charge is 0.271 e. The highest BCUT2D eigenvalue weighted by Gasteiger charge is 2.12. The molecular formula is C24H22BrIN2O4. The van der Waals surface area contributed by atoms with Gasteiger partial charge < -0.3 is 14.2 Å². The molecule has 0 aliphatic carbocycles. The fourth-order valence-electron chi connectivity index (χ4n) is 2.94. The molecule has 0 bridgehead atoms. The monoisotopic (exact) mass is 608 g/mol. The van der Waals surface area contributed by atoms with E-state index in [0.717, 1.165) is 19.2 Å². The third-order valence-electron chi connectivity index (χ3n) is 4.51. The Hall–Kier alpha value is -2.59. The molecule has 0 radical (unpaired) electrons. The zero-order valence-corrected chi connectivity index (χ0v) is 21.6. The molecule has 1 N–H and O–H groups in total. The summed E-state index contributed by atoms with van der Waals surface area (Å²) < 4.78 is 18.4. The number of ether oxygens (including phenoxy) is 3. The molecule has 0 aliphatic heterocycles. The van der Waals surface area contributed by atoms with Crippen molar-refractivity contribution in [1.82, 2.24) is 5.43 Å². The minimum Gasteiger partial charge on any atom is -0.496 e. The average Bonchev–Trinajstić information content (AvgIpc) is 2.78. The van der Waals surface area contributed by atoms with Crippen molar-refractivity contribution in [2.75, 3.05) is 14.2 Å². The van der Waals surface area contributed by atoms with Crippen molar-refractivity contribution in [3.8, 4) is 17.2 Å². The van der Waals surface area contributed by atoms with E-state index in [4.69, 9.17) is 14.2 Å². The zero-order valence-electron chi connectivity index (χ0n) is 17.8. The van der Waals surface area contributed by atoms with Crippen molar-refractivity contribution < 1.29 is 19.0 Å². The summed E-state index contributed by atoms with van der Waals surface area (Å²) in [6, 6.07) is 17.0. The van der Waals surface area contributed by atoms with Gasteiger partial charge in [-0.25, -0.2) is 5.43 Å². The lowest BCUT2D eigenvalue weighted by Crippen LogP contribution is -2.17. The van der Waals surface area contributed by atoms with E-state index in [2.05, 4.69) is 55.1 Å². The molecule has 166 valence electrons. The van der Waals surface area contributed by atoms with Crippen LogP contribution in [0.25, 0.3) is 0 Å². The van der Waals surface area contributed by atoms with Crippen LogP contribution in [0.15, 0.2) is 64.2 Å². The number of hydrogen-bond acceptors (Lipinski definition) is 5. The summed E-state index contributed by atoms with van der Waals surface area (Å²) >= 11 is 5.69. The van der Waals surface area contributed by atoms with Crippen molar-refractivity contribution in [2.24, 2.45) is 5.10 Å². The molecule has 0 saturated carbocycles. The van der Waals surface area contributed by atoms with Crippen molar-refractivity contribution in [1.29, 1.82) is 0 Å². The standard InChI is InChI=1S/C24H22BrIN2O4/c1-15-5-4-6-16(9-15)14-32-23-19(25)10-17(11-22(23)31-3)13-27-28-24(29)18-7-8-20(26)21(12-18)30-2/h4-13H,14H2,1-3H3,(H,28,29)/b27-13-. The number of methoxy groups -OCH3 is 2. The Kier molecular flexibility index (Phi) is 8.52. The third-order valence-corrected chi connectivity index (χ3v) is 5.99. The molecule has 8 heteroatoms. The van der Waals surface area contributed by atoms with Gasteiger partial charge in [-0.1, -0.05) is 29.8 Å². The molecule has 0 aliphatic rings. The second-order valence-corrected chi connectivity index (χ2v) is 8.88. The van der Waals surface area contributed by atoms with Crippen molar-refractivity contribution in [2.45, 2.75) is 13.5 Å². The topological polar surface area (TPSA) is 69.2 Å². The lowest BCUT2D eigenvalue weighted by atomic mass is 10.1. The molecule has 3 rings (SSSR count). The maximum absolute atomic E-state index is 12.4. The van der Waals surface area contributed by atoms with Crippen LogP contribution in [0.1, 0.15) is 27.0 Å². The summed E-state index contributed by atoms with van der Waals surface area (Å²) in [6.45, 7) is 2.46. The minimum atomic E-state index is -0.333. The number of benzene rings is 3. The fraction of sp³-hybridized carbons (Fsp3) is 0.167. The molecule has 1 amide bonds. The summed E-state index contributed by atoms with van der Waals surface area (Å²) in [7, 11) is 3.14. The molecule has 0 saturated heterocycles. The molecular weight excluding hydrogens is 587 g/mol. The van der Waals surface area contributed by atoms with Gasteiger partial charge in [0.1, 0.15) is 12.4 Å². The molecule has 0 heterocycles. The number of rotatable bonds is 8. The van der Waals surface area contributed by atoms with Gasteiger partial charge in [0.05, 0.1) is 28.5 Å². The molecule has 0 fully saturated rings. The van der Waals surface area contributed by atoms with Gasteiger partial charge in [-0.3, -0.25) is 4.79 Å². The maximum atomic E-state index is 12.4. The molecule has 6 nitrogen and oxygen atoms in total. The number of aryl methyl sites for hydroxylation is 1. The maximum Gasteiger partial charge on any atom is 0.271 e. The van der Waals surface area contributed by atoms with E-state index < -0.39 is 0 Å². The van der Waals surface area contributed by atoms with Gasteiger partial charge in [-0.2, -0.15) is 5.10 Å². The van der Waals surface area contributed by atoms with Crippen molar-refractivity contribution in [3.05, 3.63) is 84.9 Å². The van der Waals surface area contributed by atoms with Crippen LogP contribution in [0.2, 0.25) is 0 Å². The van der Waals surface area contributed by atoms with E-state index in [1.165, 1.54) is 5.56 Å². The van der Waals surface area contributed by atoms with E-state index in [0.29, 0.717) is 29.4 Å². The van der Waals surface area contributed by atoms with Crippen molar-refractivity contribution >= 4 is 50.6 Å². The molecule has 32 heavy (non-hydrogen) atoms. The Labute approximate surface area is 209 Å². The van der Waals surface area contributed by atoms with Crippen LogP contribution in [0.4, 0.5) is 0 Å². The summed E-state index contributed by atoms with van der Waals surface area (Å²) in [4.78, 5) is 12.4. The van der Waals surface area contributed by atoms with E-state index in [1.807, 2.05) is 37.3 Å². The summed E-state index contributed by atoms with van der Waals surface area (Å²) in [5.41, 5.74) is 5.96. The number of halogens is 2. The third kappa shape index (κ3) is 6.23. The highest BCUT2D eigenvalue weighted by atomic mass is 127. The largest absolute Gasteiger partial charge is 0.496 e. The van der Waals surface area contributed by atoms with Crippen LogP contribution >= 0.6 is 38.5 Å². The number of hydrazone groups is 1. The highest BCUT2D eigenvalue weighted by molar-refractivity contribution is 14.1. The second-order valence-electron chi connectivity index (χ2n) is 6.86. The van der Waals surface area contributed by atoms with Gasteiger partial charge in [0, 0.05) is 5.56 Å². The molecule has 3 aromatic rings. The number of hydrogen-bond donors (Lipinski definition) is 1. The van der Waals surface area contributed by atoms with E-state index in [9.17, 15) is 4.79 Å². The van der Waals surface area contributed by atoms with E-state index in [-0.39, 0.29) is 5.91 Å². The summed E-state index contributed by atoms with van der Waals surface area (Å²) in [5, 5.41) is 4.06. The van der Waals surface area contributed by atoms with Gasteiger partial charge >= 0.3 is 0 Å². The number of carbonyl (C=O) groups excluding carboxylic acids is 1. The first-order valence-corrected chi connectivity index (χ1v) is 11.5. The normalized spacial score (nSPS) is 10.8. The molecule has 3 aromatic carbocycles. The van der Waals surface area contributed by atoms with Crippen LogP contribution in [0.3, 0.4) is 0 Å². The average molecular weight is 609 g/mol. The SMILES string of the molecule is COc1cc(C(=O)N/N=C\c2cc(Br)c(OCc3cccc(C)c3)c(OC)c2)ccc1I. The minimum absolute atomic E-state index is 0.333. The molecule has 0 atom stereocenters. The fourth-order valence-corrected chi connectivity index (χ4v) is 4.07. The Bertz CT molecular complexity index is 1150. The van der Waals surface area contributed by atoms with E-state index >= 15 is 0 Å². The lowest BCUT2D eigenvalue weighted by Gasteiger charge is -2.14. The molecule has 0 spiro atoms. The lowest BCUT2D eigenvalue weighted by molar-refractivity contribution is 0.0954. The van der Waals surface area contributed by atoms with Gasteiger partial charge in [0.15, 0.2) is 11.5 Å². The Balaban J connectivity index is 1.69. The Morgan fingerprint density at radius 1 is 1.09 bits per heavy atom. The second kappa shape index (κ2) is 11.3. The highest BCUT2D eigenvalue weighted by Crippen LogP contribution is 2.37. The van der Waals surface area contributed by atoms with Gasteiger partial charge in [-0.15, -0.1) is 0 Å². The molecule has 0 aromatic heterocycles. The van der Waals surface area contributed by atoms with Gasteiger partial charge in [-0.05, 0) is 86.9 Å². The number of nitrogens with one attached hydrogen (secondary N) is 1. The predicted molar refractivity (Wildman–Crippen MR) is 137 cm³/mol. The Morgan fingerprint density at radius 2 is 1.88 bits per heavy atom. The quantitative estimate of drug-likeness (QED) is 0.202. The first-order valence-electron chi connectivity index (χ1n) is 9.64. The first-order chi connectivity index (χ1) is 15.4. The van der Waals surface area contributed by atoms with Gasteiger partial charge in [0.2, 0.25) is 0 Å². The van der Waals surface area contributed by atoms with Crippen LogP contribution in [-0.2, 0) is 6.61 Å². The number of carbonyl (C=O) groups is 1. The van der Waals surface area contributed by atoms with Crippen LogP contribution in [0.5, 0.6) is 17.2 Å². The zero-order chi connectivity index (χ0) is 23.1. The van der Waals surface area contributed by atoms with Crippen LogP contribution in [0, 0.1) is 10.5 Å². The predicted octanol–water partition coefficient (Wildman–Crippen LogP) is 5.72. The van der Waals surface area contributed by atoms with E-state index in [1.54, 1.807) is 38.6 Å². The number of nitrogens with zero attached hydrogens (tertiary/aromatic N) is 1. The van der Waals surface area contributed by atoms with Crippen molar-refractivity contribution in [3.63, 3.8) is 0 Å². The summed E-state index contributed by atoms with van der Waals surface area (Å²) in [6.07, 6.45) is 1.54. The van der Waals surface area contributed by atoms with Crippen LogP contribution in [-0.4, -0.2) is 26.3 Å². The van der Waals surface area contributed by atoms with Crippen LogP contribution < -0.4 is 19.6 Å². The first kappa shape index (κ1) is 24.1. The summed E-state index contributed by atoms with van der Waals surface area (Å²) in [5.74, 6) is 1.46. The van der Waals surface area contributed by atoms with Gasteiger partial charge in [0.25, 0.3) is 5.91 Å². The number of amides is 1.